The van der Waals surface area contributed by atoms with Gasteiger partial charge in [-0.15, -0.1) is 0 Å². The minimum Gasteiger partial charge on any atom is -0.246 e. The van der Waals surface area contributed by atoms with Gasteiger partial charge in [0.25, 0.3) is 6.08 Å². The van der Waals surface area contributed by atoms with Gasteiger partial charge >= 0.3 is 0 Å². The van der Waals surface area contributed by atoms with Crippen LogP contribution in [-0.4, -0.2) is 6.67 Å². The van der Waals surface area contributed by atoms with Gasteiger partial charge in [0.1, 0.15) is 6.67 Å². The van der Waals surface area contributed by atoms with Crippen molar-refractivity contribution in [2.75, 3.05) is 6.67 Å². The first-order chi connectivity index (χ1) is 8.72. The lowest BCUT2D eigenvalue weighted by Crippen LogP contribution is -1.89. The van der Waals surface area contributed by atoms with Crippen LogP contribution in [0.5, 0.6) is 0 Å². The van der Waals surface area contributed by atoms with Crippen molar-refractivity contribution in [3.05, 3.63) is 66.2 Å². The van der Waals surface area contributed by atoms with Crippen LogP contribution < -0.4 is 0 Å². The van der Waals surface area contributed by atoms with Gasteiger partial charge in [-0.3, -0.25) is 0 Å². The molecule has 0 fully saturated rings. The maximum Gasteiger partial charge on any atom is 0.276 e. The second-order valence-corrected chi connectivity index (χ2v) is 3.82. The summed E-state index contributed by atoms with van der Waals surface area (Å²) in [6, 6.07) is 15.9. The lowest BCUT2D eigenvalue weighted by atomic mass is 10.00. The van der Waals surface area contributed by atoms with Crippen LogP contribution in [0.2, 0.25) is 0 Å². The molecule has 2 rings (SSSR count). The summed E-state index contributed by atoms with van der Waals surface area (Å²) in [6.07, 6.45) is -1.97. The van der Waals surface area contributed by atoms with Crippen LogP contribution in [0.3, 0.4) is 0 Å². The van der Waals surface area contributed by atoms with Gasteiger partial charge in [0.15, 0.2) is 0 Å². The third-order valence-corrected chi connectivity index (χ3v) is 2.68. The topological polar surface area (TPSA) is 0 Å². The molecule has 0 aliphatic rings. The summed E-state index contributed by atoms with van der Waals surface area (Å²) in [4.78, 5) is 0. The number of alkyl halides is 1. The first-order valence-electron chi connectivity index (χ1n) is 5.48. The summed E-state index contributed by atoms with van der Waals surface area (Å²) >= 11 is 0. The van der Waals surface area contributed by atoms with Crippen molar-refractivity contribution in [3.63, 3.8) is 0 Å². The molecule has 0 spiro atoms. The molecule has 0 radical (unpaired) electrons. The van der Waals surface area contributed by atoms with Crippen LogP contribution in [0, 0.1) is 0 Å². The third-order valence-electron chi connectivity index (χ3n) is 2.68. The Morgan fingerprint density at radius 3 is 2.11 bits per heavy atom. The van der Waals surface area contributed by atoms with Crippen LogP contribution in [0.25, 0.3) is 16.7 Å². The molecule has 0 amide bonds. The standard InChI is InChI=1S/C15H11F3/c16-10-14(15(17)18)13-8-4-7-12(9-13)11-5-2-1-3-6-11/h1-9H,10H2. The highest BCUT2D eigenvalue weighted by Crippen LogP contribution is 2.26. The minimum absolute atomic E-state index is 0.221. The van der Waals surface area contributed by atoms with E-state index in [9.17, 15) is 13.2 Å². The highest BCUT2D eigenvalue weighted by atomic mass is 19.3. The van der Waals surface area contributed by atoms with E-state index in [4.69, 9.17) is 0 Å². The Morgan fingerprint density at radius 1 is 0.833 bits per heavy atom. The van der Waals surface area contributed by atoms with E-state index >= 15 is 0 Å². The summed E-state index contributed by atoms with van der Waals surface area (Å²) in [5.41, 5.74) is 1.38. The first kappa shape index (κ1) is 12.4. The molecular weight excluding hydrogens is 237 g/mol. The quantitative estimate of drug-likeness (QED) is 0.722. The van der Waals surface area contributed by atoms with Crippen molar-refractivity contribution >= 4 is 5.57 Å². The Morgan fingerprint density at radius 2 is 1.50 bits per heavy atom. The number of halogens is 3. The van der Waals surface area contributed by atoms with Gasteiger partial charge in [0.2, 0.25) is 0 Å². The van der Waals surface area contributed by atoms with Gasteiger partial charge in [-0.05, 0) is 22.8 Å². The molecule has 0 aromatic heterocycles. The van der Waals surface area contributed by atoms with Crippen molar-refractivity contribution in [2.45, 2.75) is 0 Å². The molecule has 0 saturated heterocycles. The van der Waals surface area contributed by atoms with E-state index in [2.05, 4.69) is 0 Å². The molecule has 0 N–H and O–H groups in total. The van der Waals surface area contributed by atoms with Crippen molar-refractivity contribution in [1.29, 1.82) is 0 Å². The second-order valence-electron chi connectivity index (χ2n) is 3.82. The Kier molecular flexibility index (Phi) is 3.82. The van der Waals surface area contributed by atoms with E-state index < -0.39 is 18.3 Å². The SMILES string of the molecule is FCC(=C(F)F)c1cccc(-c2ccccc2)c1. The molecule has 0 heterocycles. The number of rotatable bonds is 3. The summed E-state index contributed by atoms with van der Waals surface area (Å²) < 4.78 is 37.7. The minimum atomic E-state index is -1.97. The van der Waals surface area contributed by atoms with Gasteiger partial charge in [0, 0.05) is 0 Å². The zero-order valence-corrected chi connectivity index (χ0v) is 9.54. The fraction of sp³-hybridized carbons (Fsp3) is 0.0667. The molecule has 0 aliphatic heterocycles. The highest BCUT2D eigenvalue weighted by Gasteiger charge is 2.09. The fourth-order valence-electron chi connectivity index (χ4n) is 1.75. The van der Waals surface area contributed by atoms with Gasteiger partial charge in [-0.2, -0.15) is 8.78 Å². The number of hydrogen-bond acceptors (Lipinski definition) is 0. The van der Waals surface area contributed by atoms with Crippen molar-refractivity contribution in [1.82, 2.24) is 0 Å². The summed E-state index contributed by atoms with van der Waals surface area (Å²) in [5.74, 6) is 0. The summed E-state index contributed by atoms with van der Waals surface area (Å²) in [6.45, 7) is -1.17. The zero-order chi connectivity index (χ0) is 13.0. The van der Waals surface area contributed by atoms with Gasteiger partial charge in [0.05, 0.1) is 5.57 Å². The lowest BCUT2D eigenvalue weighted by Gasteiger charge is -2.06. The lowest BCUT2D eigenvalue weighted by molar-refractivity contribution is 0.417. The predicted octanol–water partition coefficient (Wildman–Crippen LogP) is 4.93. The Labute approximate surface area is 103 Å². The molecule has 0 unspecified atom stereocenters. The van der Waals surface area contributed by atoms with Crippen LogP contribution >= 0.6 is 0 Å². The first-order valence-corrected chi connectivity index (χ1v) is 5.48. The molecule has 0 bridgehead atoms. The predicted molar refractivity (Wildman–Crippen MR) is 67.0 cm³/mol. The smallest absolute Gasteiger partial charge is 0.246 e. The third kappa shape index (κ3) is 2.62. The Bertz CT molecular complexity index is 555. The molecule has 92 valence electrons. The summed E-state index contributed by atoms with van der Waals surface area (Å²) in [7, 11) is 0. The highest BCUT2D eigenvalue weighted by molar-refractivity contribution is 5.73. The molecule has 3 heteroatoms. The van der Waals surface area contributed by atoms with Crippen LogP contribution in [0.4, 0.5) is 13.2 Å². The average Bonchev–Trinajstić information content (AvgIpc) is 2.40. The van der Waals surface area contributed by atoms with E-state index in [1.54, 1.807) is 12.1 Å². The molecule has 18 heavy (non-hydrogen) atoms. The largest absolute Gasteiger partial charge is 0.276 e. The van der Waals surface area contributed by atoms with Crippen molar-refractivity contribution < 1.29 is 13.2 Å². The zero-order valence-electron chi connectivity index (χ0n) is 9.54. The molecule has 0 nitrogen and oxygen atoms in total. The van der Waals surface area contributed by atoms with Crippen LogP contribution in [0.1, 0.15) is 5.56 Å². The molecule has 0 saturated carbocycles. The van der Waals surface area contributed by atoms with E-state index in [0.717, 1.165) is 11.1 Å². The normalized spacial score (nSPS) is 10.2. The molecule has 2 aromatic rings. The van der Waals surface area contributed by atoms with Gasteiger partial charge in [-0.25, -0.2) is 4.39 Å². The molecule has 2 aromatic carbocycles. The van der Waals surface area contributed by atoms with Crippen molar-refractivity contribution in [3.8, 4) is 11.1 Å². The molecule has 0 atom stereocenters. The number of benzene rings is 2. The molecular formula is C15H11F3. The average molecular weight is 248 g/mol. The van der Waals surface area contributed by atoms with E-state index in [1.165, 1.54) is 6.07 Å². The van der Waals surface area contributed by atoms with E-state index in [0.29, 0.717) is 0 Å². The van der Waals surface area contributed by atoms with Crippen LogP contribution in [0.15, 0.2) is 60.7 Å². The monoisotopic (exact) mass is 248 g/mol. The van der Waals surface area contributed by atoms with Gasteiger partial charge < -0.3 is 0 Å². The fourth-order valence-corrected chi connectivity index (χ4v) is 1.75. The summed E-state index contributed by atoms with van der Waals surface area (Å²) in [5, 5.41) is 0. The van der Waals surface area contributed by atoms with Crippen molar-refractivity contribution in [2.24, 2.45) is 0 Å². The number of hydrogen-bond donors (Lipinski definition) is 0. The van der Waals surface area contributed by atoms with E-state index in [-0.39, 0.29) is 5.56 Å². The maximum absolute atomic E-state index is 12.6. The van der Waals surface area contributed by atoms with E-state index in [1.807, 2.05) is 36.4 Å². The maximum atomic E-state index is 12.6. The Hall–Kier alpha value is -2.03. The molecule has 0 aliphatic carbocycles. The van der Waals surface area contributed by atoms with Crippen LogP contribution in [-0.2, 0) is 0 Å². The number of allylic oxidation sites excluding steroid dienone is 1. The Balaban J connectivity index is 2.46. The van der Waals surface area contributed by atoms with Gasteiger partial charge in [-0.1, -0.05) is 48.5 Å². The second kappa shape index (κ2) is 5.54.